The number of anilines is 1. The number of ether oxygens (including phenoxy) is 2. The minimum Gasteiger partial charge on any atom is -0.486 e. The first-order chi connectivity index (χ1) is 14.0. The lowest BCUT2D eigenvalue weighted by Gasteiger charge is -2.20. The van der Waals surface area contributed by atoms with Gasteiger partial charge in [0.05, 0.1) is 18.0 Å². The van der Waals surface area contributed by atoms with Crippen molar-refractivity contribution in [2.45, 2.75) is 13.0 Å². The van der Waals surface area contributed by atoms with Crippen LogP contribution in [0.4, 0.5) is 10.1 Å². The molecule has 0 unspecified atom stereocenters. The number of aromatic nitrogens is 1. The zero-order chi connectivity index (χ0) is 20.4. The molecule has 1 aromatic heterocycles. The molecule has 2 heterocycles. The van der Waals surface area contributed by atoms with E-state index in [0.29, 0.717) is 46.5 Å². The van der Waals surface area contributed by atoms with Crippen LogP contribution in [0, 0.1) is 5.82 Å². The molecule has 6 nitrogen and oxygen atoms in total. The van der Waals surface area contributed by atoms with Crippen molar-refractivity contribution in [1.29, 1.82) is 0 Å². The van der Waals surface area contributed by atoms with Crippen molar-refractivity contribution in [1.82, 2.24) is 4.57 Å². The van der Waals surface area contributed by atoms with E-state index in [1.54, 1.807) is 23.7 Å². The fourth-order valence-corrected chi connectivity index (χ4v) is 3.93. The van der Waals surface area contributed by atoms with Crippen molar-refractivity contribution >= 4 is 34.5 Å². The molecule has 3 aromatic rings. The Kier molecular flexibility index (Phi) is 5.55. The van der Waals surface area contributed by atoms with E-state index < -0.39 is 5.82 Å². The molecule has 2 aromatic carbocycles. The molecule has 1 amide bonds. The SMILES string of the molecule is O=C(Cc1cc(Cl)c2c(c1)OCCO2)Nc1ccc(F)cc1Cn1ccsc1=O. The third-order valence-electron chi connectivity index (χ3n) is 4.35. The van der Waals surface area contributed by atoms with E-state index >= 15 is 0 Å². The standard InChI is InChI=1S/C20H16ClFN2O4S/c21-15-7-12(8-17-19(15)28-5-4-27-17)9-18(25)23-16-2-1-14(22)10-13(16)11-24-3-6-29-20(24)26/h1-3,6-8,10H,4-5,9,11H2,(H,23,25). The van der Waals surface area contributed by atoms with Crippen LogP contribution in [-0.2, 0) is 17.8 Å². The van der Waals surface area contributed by atoms with Gasteiger partial charge in [-0.15, -0.1) is 0 Å². The van der Waals surface area contributed by atoms with Crippen molar-refractivity contribution in [3.05, 3.63) is 73.5 Å². The number of carbonyl (C=O) groups excluding carboxylic acids is 1. The van der Waals surface area contributed by atoms with Crippen LogP contribution in [-0.4, -0.2) is 23.7 Å². The minimum absolute atomic E-state index is 0.0472. The Labute approximate surface area is 174 Å². The molecule has 29 heavy (non-hydrogen) atoms. The van der Waals surface area contributed by atoms with Gasteiger partial charge in [0.25, 0.3) is 0 Å². The molecule has 0 saturated carbocycles. The highest BCUT2D eigenvalue weighted by Crippen LogP contribution is 2.38. The molecular formula is C20H16ClFN2O4S. The van der Waals surface area contributed by atoms with E-state index in [4.69, 9.17) is 21.1 Å². The summed E-state index contributed by atoms with van der Waals surface area (Å²) >= 11 is 7.27. The second-order valence-electron chi connectivity index (χ2n) is 6.43. The monoisotopic (exact) mass is 434 g/mol. The van der Waals surface area contributed by atoms with Gasteiger partial charge in [-0.05, 0) is 41.5 Å². The lowest BCUT2D eigenvalue weighted by atomic mass is 10.1. The molecule has 1 N–H and O–H groups in total. The second kappa shape index (κ2) is 8.26. The van der Waals surface area contributed by atoms with E-state index in [1.807, 2.05) is 0 Å². The number of halogens is 2. The summed E-state index contributed by atoms with van der Waals surface area (Å²) in [5.41, 5.74) is 1.60. The molecule has 1 aliphatic heterocycles. The average Bonchev–Trinajstić information content (AvgIpc) is 3.08. The molecule has 0 radical (unpaired) electrons. The number of hydrogen-bond acceptors (Lipinski definition) is 5. The van der Waals surface area contributed by atoms with Crippen LogP contribution in [0.2, 0.25) is 5.02 Å². The Bertz CT molecular complexity index is 1130. The lowest BCUT2D eigenvalue weighted by Crippen LogP contribution is -2.19. The molecule has 0 spiro atoms. The van der Waals surface area contributed by atoms with Gasteiger partial charge < -0.3 is 19.4 Å². The van der Waals surface area contributed by atoms with E-state index in [-0.39, 0.29) is 23.7 Å². The number of nitrogens with one attached hydrogen (secondary N) is 1. The normalized spacial score (nSPS) is 12.6. The zero-order valence-corrected chi connectivity index (χ0v) is 16.7. The number of benzene rings is 2. The van der Waals surface area contributed by atoms with Gasteiger partial charge in [0, 0.05) is 17.3 Å². The number of amides is 1. The van der Waals surface area contributed by atoms with Crippen LogP contribution in [0.15, 0.2) is 46.7 Å². The predicted octanol–water partition coefficient (Wildman–Crippen LogP) is 3.70. The molecule has 1 aliphatic rings. The fraction of sp³-hybridized carbons (Fsp3) is 0.200. The molecular weight excluding hydrogens is 419 g/mol. The van der Waals surface area contributed by atoms with Gasteiger partial charge in [0.1, 0.15) is 19.0 Å². The molecule has 0 bridgehead atoms. The lowest BCUT2D eigenvalue weighted by molar-refractivity contribution is -0.115. The largest absolute Gasteiger partial charge is 0.486 e. The Morgan fingerprint density at radius 1 is 1.24 bits per heavy atom. The van der Waals surface area contributed by atoms with Gasteiger partial charge in [0.2, 0.25) is 5.91 Å². The maximum atomic E-state index is 13.7. The minimum atomic E-state index is -0.445. The third kappa shape index (κ3) is 4.44. The second-order valence-corrected chi connectivity index (χ2v) is 7.69. The molecule has 4 rings (SSSR count). The highest BCUT2D eigenvalue weighted by Gasteiger charge is 2.18. The van der Waals surface area contributed by atoms with Crippen LogP contribution >= 0.6 is 22.9 Å². The van der Waals surface area contributed by atoms with Crippen LogP contribution in [0.3, 0.4) is 0 Å². The number of rotatable bonds is 5. The Morgan fingerprint density at radius 2 is 2.07 bits per heavy atom. The smallest absolute Gasteiger partial charge is 0.307 e. The Hall–Kier alpha value is -2.84. The third-order valence-corrected chi connectivity index (χ3v) is 5.32. The molecule has 0 atom stereocenters. The average molecular weight is 435 g/mol. The molecule has 0 fully saturated rings. The topological polar surface area (TPSA) is 69.6 Å². The maximum absolute atomic E-state index is 13.7. The summed E-state index contributed by atoms with van der Waals surface area (Å²) in [5, 5.41) is 4.82. The molecule has 9 heteroatoms. The van der Waals surface area contributed by atoms with Crippen LogP contribution < -0.4 is 19.7 Å². The number of carbonyl (C=O) groups is 1. The van der Waals surface area contributed by atoms with Gasteiger partial charge in [-0.2, -0.15) is 0 Å². The summed E-state index contributed by atoms with van der Waals surface area (Å²) in [6.07, 6.45) is 1.67. The van der Waals surface area contributed by atoms with Gasteiger partial charge in [-0.1, -0.05) is 22.9 Å². The summed E-state index contributed by atoms with van der Waals surface area (Å²) < 4.78 is 26.2. The predicted molar refractivity (Wildman–Crippen MR) is 109 cm³/mol. The first kappa shape index (κ1) is 19.5. The first-order valence-corrected chi connectivity index (χ1v) is 10.1. The maximum Gasteiger partial charge on any atom is 0.307 e. The van der Waals surface area contributed by atoms with E-state index in [2.05, 4.69) is 5.32 Å². The van der Waals surface area contributed by atoms with Crippen molar-refractivity contribution < 1.29 is 18.7 Å². The summed E-state index contributed by atoms with van der Waals surface area (Å²) in [5.74, 6) is 0.234. The summed E-state index contributed by atoms with van der Waals surface area (Å²) in [6, 6.07) is 7.43. The van der Waals surface area contributed by atoms with Crippen molar-refractivity contribution in [2.24, 2.45) is 0 Å². The quantitative estimate of drug-likeness (QED) is 0.664. The Morgan fingerprint density at radius 3 is 2.86 bits per heavy atom. The highest BCUT2D eigenvalue weighted by molar-refractivity contribution is 7.07. The molecule has 150 valence electrons. The van der Waals surface area contributed by atoms with E-state index in [1.165, 1.54) is 22.8 Å². The fourth-order valence-electron chi connectivity index (χ4n) is 3.05. The van der Waals surface area contributed by atoms with Gasteiger partial charge in [0.15, 0.2) is 11.5 Å². The van der Waals surface area contributed by atoms with E-state index in [9.17, 15) is 14.0 Å². The van der Waals surface area contributed by atoms with E-state index in [0.717, 1.165) is 11.3 Å². The molecule has 0 aliphatic carbocycles. The van der Waals surface area contributed by atoms with Crippen molar-refractivity contribution in [3.63, 3.8) is 0 Å². The number of fused-ring (bicyclic) bond motifs is 1. The number of nitrogens with zero attached hydrogens (tertiary/aromatic N) is 1. The van der Waals surface area contributed by atoms with Crippen molar-refractivity contribution in [3.8, 4) is 11.5 Å². The summed E-state index contributed by atoms with van der Waals surface area (Å²) in [4.78, 5) is 24.2. The van der Waals surface area contributed by atoms with Gasteiger partial charge in [-0.25, -0.2) is 4.39 Å². The Balaban J connectivity index is 1.52. The van der Waals surface area contributed by atoms with Crippen LogP contribution in [0.1, 0.15) is 11.1 Å². The first-order valence-electron chi connectivity index (χ1n) is 8.80. The highest BCUT2D eigenvalue weighted by atomic mass is 35.5. The summed E-state index contributed by atoms with van der Waals surface area (Å²) in [7, 11) is 0. The van der Waals surface area contributed by atoms with Crippen LogP contribution in [0.5, 0.6) is 11.5 Å². The number of hydrogen-bond donors (Lipinski definition) is 1. The zero-order valence-electron chi connectivity index (χ0n) is 15.1. The molecule has 0 saturated heterocycles. The number of thiazole rings is 1. The van der Waals surface area contributed by atoms with Gasteiger partial charge in [-0.3, -0.25) is 9.59 Å². The van der Waals surface area contributed by atoms with Gasteiger partial charge >= 0.3 is 4.87 Å². The van der Waals surface area contributed by atoms with Crippen molar-refractivity contribution in [2.75, 3.05) is 18.5 Å². The van der Waals surface area contributed by atoms with Crippen LogP contribution in [0.25, 0.3) is 0 Å². The summed E-state index contributed by atoms with van der Waals surface area (Å²) in [6.45, 7) is 0.999.